The number of amides is 1. The average Bonchev–Trinajstić information content (AvgIpc) is 2.75. The number of unbranched alkanes of at least 4 members (excludes halogenated alkanes) is 13. The molecule has 1 aliphatic heterocycles. The van der Waals surface area contributed by atoms with Gasteiger partial charge in [-0.2, -0.15) is 0 Å². The summed E-state index contributed by atoms with van der Waals surface area (Å²) in [4.78, 5) is 11.4. The summed E-state index contributed by atoms with van der Waals surface area (Å²) in [5, 5.41) is 32.2. The Bertz CT molecular complexity index is 450. The summed E-state index contributed by atoms with van der Waals surface area (Å²) >= 11 is 0. The Kier molecular flexibility index (Phi) is 16.2. The van der Waals surface area contributed by atoms with Crippen LogP contribution >= 0.6 is 0 Å². The molecule has 0 bridgehead atoms. The Hall–Kier alpha value is -0.730. The Morgan fingerprint density at radius 3 is 1.77 bits per heavy atom. The first-order valence-electron chi connectivity index (χ1n) is 12.5. The molecule has 0 spiro atoms. The number of nitrogens with one attached hydrogen (secondary N) is 1. The number of aliphatic hydroxyl groups is 3. The molecule has 1 rings (SSSR count). The zero-order valence-corrected chi connectivity index (χ0v) is 19.8. The van der Waals surface area contributed by atoms with Crippen molar-refractivity contribution in [1.29, 1.82) is 0 Å². The van der Waals surface area contributed by atoms with Gasteiger partial charge in [0.2, 0.25) is 5.91 Å². The minimum atomic E-state index is -1.28. The van der Waals surface area contributed by atoms with E-state index in [4.69, 9.17) is 9.47 Å². The van der Waals surface area contributed by atoms with Gasteiger partial charge < -0.3 is 30.1 Å². The van der Waals surface area contributed by atoms with E-state index < -0.39 is 37.3 Å². The number of carbonyl (C=O) groups excluding carboxylic acids is 1. The summed E-state index contributed by atoms with van der Waals surface area (Å²) in [6.45, 7) is 3.61. The molecule has 0 saturated carbocycles. The quantitative estimate of drug-likeness (QED) is 0.241. The van der Waals surface area contributed by atoms with E-state index in [1.54, 1.807) is 0 Å². The predicted molar refractivity (Wildman–Crippen MR) is 122 cm³/mol. The molecule has 7 heteroatoms. The van der Waals surface area contributed by atoms with Gasteiger partial charge in [-0.1, -0.05) is 90.4 Å². The molecular weight excluding hydrogens is 398 g/mol. The highest BCUT2D eigenvalue weighted by atomic mass is 16.7. The van der Waals surface area contributed by atoms with Crippen LogP contribution in [0.2, 0.25) is 0 Å². The number of carbonyl (C=O) groups is 1. The predicted octanol–water partition coefficient (Wildman–Crippen LogP) is 3.43. The van der Waals surface area contributed by atoms with E-state index in [-0.39, 0.29) is 5.91 Å². The Labute approximate surface area is 188 Å². The van der Waals surface area contributed by atoms with Crippen LogP contribution in [0.15, 0.2) is 0 Å². The molecule has 184 valence electrons. The first-order chi connectivity index (χ1) is 15.0. The van der Waals surface area contributed by atoms with Gasteiger partial charge in [0.1, 0.15) is 24.4 Å². The third-order valence-corrected chi connectivity index (χ3v) is 6.03. The van der Waals surface area contributed by atoms with Crippen molar-refractivity contribution in [2.24, 2.45) is 0 Å². The van der Waals surface area contributed by atoms with Gasteiger partial charge in [-0.05, 0) is 6.42 Å². The van der Waals surface area contributed by atoms with Crippen LogP contribution in [0.3, 0.4) is 0 Å². The smallest absolute Gasteiger partial charge is 0.217 e. The Morgan fingerprint density at radius 2 is 1.32 bits per heavy atom. The lowest BCUT2D eigenvalue weighted by Gasteiger charge is -2.42. The lowest BCUT2D eigenvalue weighted by Crippen LogP contribution is -2.64. The molecule has 1 amide bonds. The third-order valence-electron chi connectivity index (χ3n) is 6.03. The van der Waals surface area contributed by atoms with Crippen LogP contribution in [0.4, 0.5) is 0 Å². The fourth-order valence-corrected chi connectivity index (χ4v) is 4.11. The van der Waals surface area contributed by atoms with Gasteiger partial charge in [-0.25, -0.2) is 0 Å². The normalized spacial score (nSPS) is 26.2. The molecule has 1 fully saturated rings. The highest BCUT2D eigenvalue weighted by Crippen LogP contribution is 2.22. The van der Waals surface area contributed by atoms with E-state index in [1.165, 1.54) is 84.0 Å². The van der Waals surface area contributed by atoms with E-state index in [2.05, 4.69) is 12.2 Å². The van der Waals surface area contributed by atoms with Crippen molar-refractivity contribution in [3.63, 3.8) is 0 Å². The van der Waals surface area contributed by atoms with Crippen LogP contribution in [0.1, 0.15) is 104 Å². The summed E-state index contributed by atoms with van der Waals surface area (Å²) in [7, 11) is 0. The molecule has 0 aromatic rings. The van der Waals surface area contributed by atoms with Crippen LogP contribution in [0.25, 0.3) is 0 Å². The number of ether oxygens (including phenoxy) is 2. The molecule has 0 unspecified atom stereocenters. The van der Waals surface area contributed by atoms with Gasteiger partial charge in [-0.3, -0.25) is 4.79 Å². The number of rotatable bonds is 18. The fraction of sp³-hybridized carbons (Fsp3) is 0.958. The largest absolute Gasteiger partial charge is 0.394 e. The lowest BCUT2D eigenvalue weighted by atomic mass is 9.97. The third kappa shape index (κ3) is 12.2. The van der Waals surface area contributed by atoms with Crippen molar-refractivity contribution in [3.8, 4) is 0 Å². The topological polar surface area (TPSA) is 108 Å². The van der Waals surface area contributed by atoms with Gasteiger partial charge in [0.25, 0.3) is 0 Å². The van der Waals surface area contributed by atoms with Crippen molar-refractivity contribution in [2.75, 3.05) is 13.2 Å². The second-order valence-corrected chi connectivity index (χ2v) is 8.90. The molecule has 4 N–H and O–H groups in total. The van der Waals surface area contributed by atoms with E-state index in [0.717, 1.165) is 12.8 Å². The van der Waals surface area contributed by atoms with Gasteiger partial charge in [-0.15, -0.1) is 0 Å². The Balaban J connectivity index is 2.07. The number of hydrogen-bond donors (Lipinski definition) is 4. The molecule has 0 radical (unpaired) electrons. The van der Waals surface area contributed by atoms with Gasteiger partial charge in [0.05, 0.1) is 6.61 Å². The van der Waals surface area contributed by atoms with Crippen LogP contribution in [-0.4, -0.2) is 65.1 Å². The summed E-state index contributed by atoms with van der Waals surface area (Å²) < 4.78 is 11.3. The second-order valence-electron chi connectivity index (χ2n) is 8.90. The van der Waals surface area contributed by atoms with E-state index in [1.807, 2.05) is 0 Å². The van der Waals surface area contributed by atoms with E-state index in [9.17, 15) is 20.1 Å². The highest BCUT2D eigenvalue weighted by molar-refractivity contribution is 5.73. The first kappa shape index (κ1) is 28.3. The van der Waals surface area contributed by atoms with Crippen LogP contribution in [-0.2, 0) is 14.3 Å². The van der Waals surface area contributed by atoms with Crippen molar-refractivity contribution in [1.82, 2.24) is 5.32 Å². The summed E-state index contributed by atoms with van der Waals surface area (Å²) in [5.41, 5.74) is 0. The van der Waals surface area contributed by atoms with Crippen LogP contribution < -0.4 is 5.32 Å². The minimum Gasteiger partial charge on any atom is -0.394 e. The standard InChI is InChI=1S/C24H47NO6/c1-3-4-5-6-7-8-9-10-11-12-13-14-15-16-17-30-24-21(25-19(2)27)23(29)22(28)20(18-26)31-24/h20-24,26,28-29H,3-18H2,1-2H3,(H,25,27)/t20-,21-,22-,23-,24-/m1/s1. The zero-order chi connectivity index (χ0) is 22.9. The van der Waals surface area contributed by atoms with Crippen molar-refractivity contribution >= 4 is 5.91 Å². The maximum absolute atomic E-state index is 11.4. The average molecular weight is 446 g/mol. The maximum atomic E-state index is 11.4. The van der Waals surface area contributed by atoms with Crippen molar-refractivity contribution < 1.29 is 29.6 Å². The first-order valence-corrected chi connectivity index (χ1v) is 12.5. The second kappa shape index (κ2) is 17.8. The van der Waals surface area contributed by atoms with Crippen LogP contribution in [0, 0.1) is 0 Å². The SMILES string of the molecule is CCCCCCCCCCCCCCCCO[C@@H]1O[C@H](CO)[C@@H](O)[C@H](O)[C@H]1NC(C)=O. The van der Waals surface area contributed by atoms with Crippen LogP contribution in [0.5, 0.6) is 0 Å². The number of hydrogen-bond acceptors (Lipinski definition) is 6. The summed E-state index contributed by atoms with van der Waals surface area (Å²) in [6, 6.07) is -0.859. The molecule has 0 aromatic heterocycles. The molecule has 0 aliphatic carbocycles. The van der Waals surface area contributed by atoms with Gasteiger partial charge in [0, 0.05) is 13.5 Å². The van der Waals surface area contributed by atoms with E-state index >= 15 is 0 Å². The molecule has 1 saturated heterocycles. The molecule has 5 atom stereocenters. The molecule has 31 heavy (non-hydrogen) atoms. The van der Waals surface area contributed by atoms with E-state index in [0.29, 0.717) is 6.61 Å². The minimum absolute atomic E-state index is 0.340. The monoisotopic (exact) mass is 445 g/mol. The summed E-state index contributed by atoms with van der Waals surface area (Å²) in [5.74, 6) is -0.340. The highest BCUT2D eigenvalue weighted by Gasteiger charge is 2.45. The maximum Gasteiger partial charge on any atom is 0.217 e. The lowest BCUT2D eigenvalue weighted by molar-refractivity contribution is -0.270. The zero-order valence-electron chi connectivity index (χ0n) is 19.8. The molecule has 7 nitrogen and oxygen atoms in total. The van der Waals surface area contributed by atoms with Crippen molar-refractivity contribution in [2.45, 2.75) is 134 Å². The Morgan fingerprint density at radius 1 is 0.839 bits per heavy atom. The summed E-state index contributed by atoms with van der Waals surface area (Å²) in [6.07, 6.45) is 13.6. The molecule has 1 heterocycles. The van der Waals surface area contributed by atoms with Gasteiger partial charge >= 0.3 is 0 Å². The molecule has 0 aromatic carbocycles. The van der Waals surface area contributed by atoms with Crippen molar-refractivity contribution in [3.05, 3.63) is 0 Å². The fourth-order valence-electron chi connectivity index (χ4n) is 4.11. The number of aliphatic hydroxyl groups excluding tert-OH is 3. The van der Waals surface area contributed by atoms with Gasteiger partial charge in [0.15, 0.2) is 6.29 Å². The molecule has 1 aliphatic rings. The molecular formula is C24H47NO6.